The summed E-state index contributed by atoms with van der Waals surface area (Å²) in [7, 11) is 0. The van der Waals surface area contributed by atoms with Crippen molar-refractivity contribution in [3.63, 3.8) is 0 Å². The van der Waals surface area contributed by atoms with E-state index in [0.717, 1.165) is 17.2 Å². The summed E-state index contributed by atoms with van der Waals surface area (Å²) in [6.07, 6.45) is -1.39. The lowest BCUT2D eigenvalue weighted by molar-refractivity contribution is -0.136. The number of aryl methyl sites for hydroxylation is 1. The van der Waals surface area contributed by atoms with Crippen LogP contribution in [0.4, 0.5) is 18.9 Å². The van der Waals surface area contributed by atoms with Crippen molar-refractivity contribution in [2.24, 2.45) is 4.99 Å². The van der Waals surface area contributed by atoms with Gasteiger partial charge < -0.3 is 4.40 Å². The summed E-state index contributed by atoms with van der Waals surface area (Å²) in [4.78, 5) is 8.61. The molecular weight excluding hydrogens is 363 g/mol. The summed E-state index contributed by atoms with van der Waals surface area (Å²) in [5.74, 6) is 0. The molecule has 3 nitrogen and oxygen atoms in total. The van der Waals surface area contributed by atoms with E-state index in [4.69, 9.17) is 0 Å². The lowest BCUT2D eigenvalue weighted by atomic mass is 10.0. The van der Waals surface area contributed by atoms with E-state index in [1.807, 2.05) is 60.7 Å². The molecule has 0 fully saturated rings. The molecule has 28 heavy (non-hydrogen) atoms. The smallest absolute Gasteiger partial charge is 0.304 e. The molecule has 0 aliphatic rings. The number of halogens is 3. The summed E-state index contributed by atoms with van der Waals surface area (Å²) in [5.41, 5.74) is 2.05. The van der Waals surface area contributed by atoms with E-state index >= 15 is 0 Å². The van der Waals surface area contributed by atoms with Gasteiger partial charge in [0.2, 0.25) is 0 Å². The SMILES string of the molecule is Cc1cn2cc(N=C(c3ccccc3)c3ccccc3)cc(C(F)(F)F)c2n1. The van der Waals surface area contributed by atoms with Gasteiger partial charge >= 0.3 is 6.18 Å². The minimum atomic E-state index is -4.52. The second-order valence-corrected chi connectivity index (χ2v) is 6.42. The topological polar surface area (TPSA) is 29.7 Å². The van der Waals surface area contributed by atoms with Gasteiger partial charge in [-0.15, -0.1) is 0 Å². The van der Waals surface area contributed by atoms with E-state index in [2.05, 4.69) is 9.98 Å². The zero-order valence-corrected chi connectivity index (χ0v) is 15.0. The van der Waals surface area contributed by atoms with Crippen molar-refractivity contribution in [2.45, 2.75) is 13.1 Å². The molecule has 0 unspecified atom stereocenters. The number of aliphatic imine (C=N–C) groups is 1. The average molecular weight is 379 g/mol. The number of alkyl halides is 3. The van der Waals surface area contributed by atoms with Crippen LogP contribution in [0.5, 0.6) is 0 Å². The third-order valence-electron chi connectivity index (χ3n) is 4.30. The number of rotatable bonds is 3. The molecule has 0 aliphatic carbocycles. The van der Waals surface area contributed by atoms with Gasteiger partial charge in [-0.05, 0) is 13.0 Å². The molecule has 0 radical (unpaired) electrons. The average Bonchev–Trinajstić information content (AvgIpc) is 3.06. The van der Waals surface area contributed by atoms with E-state index in [-0.39, 0.29) is 11.3 Å². The Hall–Kier alpha value is -3.41. The molecule has 2 heterocycles. The lowest BCUT2D eigenvalue weighted by Crippen LogP contribution is -2.08. The first kappa shape index (κ1) is 18.0. The third kappa shape index (κ3) is 3.53. The van der Waals surface area contributed by atoms with Crippen LogP contribution in [-0.2, 0) is 6.18 Å². The molecule has 0 bridgehead atoms. The van der Waals surface area contributed by atoms with Gasteiger partial charge in [-0.2, -0.15) is 13.2 Å². The van der Waals surface area contributed by atoms with E-state index < -0.39 is 11.7 Å². The highest BCUT2D eigenvalue weighted by atomic mass is 19.4. The van der Waals surface area contributed by atoms with Crippen molar-refractivity contribution >= 4 is 17.0 Å². The number of benzene rings is 2. The van der Waals surface area contributed by atoms with Crippen molar-refractivity contribution in [3.8, 4) is 0 Å². The Balaban J connectivity index is 1.95. The number of nitrogens with zero attached hydrogens (tertiary/aromatic N) is 3. The second kappa shape index (κ2) is 6.96. The monoisotopic (exact) mass is 379 g/mol. The molecule has 2 aromatic heterocycles. The van der Waals surface area contributed by atoms with E-state index in [1.54, 1.807) is 19.3 Å². The summed E-state index contributed by atoms with van der Waals surface area (Å²) in [6.45, 7) is 1.66. The summed E-state index contributed by atoms with van der Waals surface area (Å²) >= 11 is 0. The molecule has 0 saturated heterocycles. The first-order valence-corrected chi connectivity index (χ1v) is 8.68. The van der Waals surface area contributed by atoms with Crippen LogP contribution in [0.25, 0.3) is 5.65 Å². The van der Waals surface area contributed by atoms with Gasteiger partial charge in [0.05, 0.1) is 17.1 Å². The largest absolute Gasteiger partial charge is 0.420 e. The Labute approximate surface area is 159 Å². The van der Waals surface area contributed by atoms with Crippen molar-refractivity contribution in [1.29, 1.82) is 0 Å². The Morgan fingerprint density at radius 2 is 1.46 bits per heavy atom. The Morgan fingerprint density at radius 1 is 0.893 bits per heavy atom. The molecule has 4 rings (SSSR count). The Morgan fingerprint density at radius 3 is 2.00 bits per heavy atom. The molecule has 4 aromatic rings. The fraction of sp³-hybridized carbons (Fsp3) is 0.0909. The zero-order valence-electron chi connectivity index (χ0n) is 15.0. The maximum atomic E-state index is 13.6. The van der Waals surface area contributed by atoms with Crippen molar-refractivity contribution < 1.29 is 13.2 Å². The zero-order chi connectivity index (χ0) is 19.7. The molecule has 0 amide bonds. The molecule has 140 valence electrons. The third-order valence-corrected chi connectivity index (χ3v) is 4.30. The first-order chi connectivity index (χ1) is 13.4. The van der Waals surface area contributed by atoms with Crippen LogP contribution < -0.4 is 0 Å². The standard InChI is InChI=1S/C22H16F3N3/c1-15-13-28-14-18(12-19(21(28)26-15)22(23,24)25)27-20(16-8-4-2-5-9-16)17-10-6-3-7-11-17/h2-14H,1H3. The van der Waals surface area contributed by atoms with Gasteiger partial charge in [0.15, 0.2) is 0 Å². The highest BCUT2D eigenvalue weighted by Crippen LogP contribution is 2.35. The molecule has 0 atom stereocenters. The predicted molar refractivity (Wildman–Crippen MR) is 103 cm³/mol. The minimum absolute atomic E-state index is 0.120. The summed E-state index contributed by atoms with van der Waals surface area (Å²) in [5, 5.41) is 0. The molecule has 0 aliphatic heterocycles. The number of imidazole rings is 1. The summed E-state index contributed by atoms with van der Waals surface area (Å²) < 4.78 is 42.1. The van der Waals surface area contributed by atoms with Gasteiger partial charge in [0.25, 0.3) is 0 Å². The normalized spacial score (nSPS) is 11.6. The number of aromatic nitrogens is 2. The fourth-order valence-electron chi connectivity index (χ4n) is 3.09. The molecule has 0 N–H and O–H groups in total. The van der Waals surface area contributed by atoms with Crippen LogP contribution >= 0.6 is 0 Å². The highest BCUT2D eigenvalue weighted by molar-refractivity contribution is 6.13. The van der Waals surface area contributed by atoms with Crippen molar-refractivity contribution in [1.82, 2.24) is 9.38 Å². The van der Waals surface area contributed by atoms with Crippen LogP contribution in [0.1, 0.15) is 22.4 Å². The van der Waals surface area contributed by atoms with Gasteiger partial charge in [-0.25, -0.2) is 9.98 Å². The van der Waals surface area contributed by atoms with Crippen molar-refractivity contribution in [3.05, 3.63) is 102 Å². The van der Waals surface area contributed by atoms with Crippen LogP contribution in [0.15, 0.2) is 84.1 Å². The Kier molecular flexibility index (Phi) is 4.47. The lowest BCUT2D eigenvalue weighted by Gasteiger charge is -2.11. The molecule has 2 aromatic carbocycles. The van der Waals surface area contributed by atoms with Gasteiger partial charge in [-0.3, -0.25) is 0 Å². The maximum absolute atomic E-state index is 13.6. The quantitative estimate of drug-likeness (QED) is 0.412. The highest BCUT2D eigenvalue weighted by Gasteiger charge is 2.34. The van der Waals surface area contributed by atoms with Gasteiger partial charge in [0.1, 0.15) is 11.2 Å². The molecule has 6 heteroatoms. The Bertz CT molecular complexity index is 1100. The minimum Gasteiger partial charge on any atom is -0.304 e. The number of hydrogen-bond acceptors (Lipinski definition) is 2. The van der Waals surface area contributed by atoms with Crippen LogP contribution in [0.2, 0.25) is 0 Å². The first-order valence-electron chi connectivity index (χ1n) is 8.68. The predicted octanol–water partition coefficient (Wildman–Crippen LogP) is 5.83. The van der Waals surface area contributed by atoms with Gasteiger partial charge in [-0.1, -0.05) is 60.7 Å². The van der Waals surface area contributed by atoms with Crippen LogP contribution in [0, 0.1) is 6.92 Å². The van der Waals surface area contributed by atoms with E-state index in [1.165, 1.54) is 4.40 Å². The van der Waals surface area contributed by atoms with E-state index in [0.29, 0.717) is 11.4 Å². The fourth-order valence-corrected chi connectivity index (χ4v) is 3.09. The number of fused-ring (bicyclic) bond motifs is 1. The summed E-state index contributed by atoms with van der Waals surface area (Å²) in [6, 6.07) is 19.8. The maximum Gasteiger partial charge on any atom is 0.420 e. The van der Waals surface area contributed by atoms with Crippen LogP contribution in [-0.4, -0.2) is 15.1 Å². The van der Waals surface area contributed by atoms with Gasteiger partial charge in [0, 0.05) is 23.5 Å². The molecular formula is C22H16F3N3. The number of hydrogen-bond donors (Lipinski definition) is 0. The second-order valence-electron chi connectivity index (χ2n) is 6.42. The number of pyridine rings is 1. The molecule has 0 spiro atoms. The molecule has 0 saturated carbocycles. The van der Waals surface area contributed by atoms with Crippen LogP contribution in [0.3, 0.4) is 0 Å². The van der Waals surface area contributed by atoms with Crippen molar-refractivity contribution in [2.75, 3.05) is 0 Å². The van der Waals surface area contributed by atoms with E-state index in [9.17, 15) is 13.2 Å².